The average Bonchev–Trinajstić information content (AvgIpc) is 3.12. The number of nitrogens with one attached hydrogen (secondary N) is 4. The molecule has 0 saturated heterocycles. The van der Waals surface area contributed by atoms with E-state index in [9.17, 15) is 24.6 Å². The Morgan fingerprint density at radius 1 is 1.10 bits per heavy atom. The molecule has 1 atom stereocenters. The van der Waals surface area contributed by atoms with Crippen molar-refractivity contribution in [2.45, 2.75) is 44.9 Å². The molecule has 1 aliphatic heterocycles. The van der Waals surface area contributed by atoms with Crippen LogP contribution in [0.25, 0.3) is 0 Å². The first kappa shape index (κ1) is 27.5. The zero-order valence-electron chi connectivity index (χ0n) is 21.9. The molecular formula is C27H30N6O6. The molecule has 204 valence electrons. The van der Waals surface area contributed by atoms with Crippen LogP contribution in [-0.4, -0.2) is 50.2 Å². The lowest BCUT2D eigenvalue weighted by Gasteiger charge is -2.21. The van der Waals surface area contributed by atoms with E-state index in [1.54, 1.807) is 32.0 Å². The summed E-state index contributed by atoms with van der Waals surface area (Å²) in [6, 6.07) is 13.6. The van der Waals surface area contributed by atoms with Crippen LogP contribution in [-0.2, 0) is 15.1 Å². The van der Waals surface area contributed by atoms with Crippen LogP contribution in [0.5, 0.6) is 0 Å². The van der Waals surface area contributed by atoms with Crippen molar-refractivity contribution in [1.82, 2.24) is 20.8 Å². The fraction of sp³-hybridized carbons (Fsp3) is 0.296. The van der Waals surface area contributed by atoms with Crippen molar-refractivity contribution in [2.24, 2.45) is 0 Å². The van der Waals surface area contributed by atoms with Crippen LogP contribution in [0.3, 0.4) is 0 Å². The molecule has 2 heterocycles. The van der Waals surface area contributed by atoms with Crippen LogP contribution in [0.2, 0.25) is 0 Å². The maximum Gasteiger partial charge on any atom is 0.339 e. The topological polar surface area (TPSA) is 175 Å². The van der Waals surface area contributed by atoms with Crippen molar-refractivity contribution in [2.75, 3.05) is 17.2 Å². The third-order valence-electron chi connectivity index (χ3n) is 6.07. The number of hydrogen-bond acceptors (Lipinski definition) is 10. The number of aliphatic hydroxyl groups is 2. The summed E-state index contributed by atoms with van der Waals surface area (Å²) in [6.07, 6.45) is 1.26. The Balaban J connectivity index is 1.64. The van der Waals surface area contributed by atoms with Gasteiger partial charge < -0.3 is 25.6 Å². The lowest BCUT2D eigenvalue weighted by atomic mass is 9.95. The highest BCUT2D eigenvalue weighted by molar-refractivity contribution is 6.00. The number of ether oxygens (including phenoxy) is 1. The molecule has 6 N–H and O–H groups in total. The van der Waals surface area contributed by atoms with Gasteiger partial charge >= 0.3 is 5.97 Å². The Hall–Kier alpha value is -4.55. The maximum absolute atomic E-state index is 12.9. The van der Waals surface area contributed by atoms with Crippen LogP contribution in [0.15, 0.2) is 54.7 Å². The molecule has 0 spiro atoms. The number of carbonyl (C=O) groups excluding carboxylic acids is 3. The van der Waals surface area contributed by atoms with Crippen LogP contribution in [0, 0.1) is 0 Å². The SMILES string of the molecule is CC(C)(O)C(=O)NNC(=O)c1cnc(Nc2ccc3c(c2)C(C)(C)OC3=O)nc1N[C@H](CO)c1ccccc1. The number of amides is 2. The van der Waals surface area contributed by atoms with Gasteiger partial charge in [-0.2, -0.15) is 4.98 Å². The predicted octanol–water partition coefficient (Wildman–Crippen LogP) is 2.30. The van der Waals surface area contributed by atoms with E-state index in [1.165, 1.54) is 20.0 Å². The minimum absolute atomic E-state index is 0.0277. The lowest BCUT2D eigenvalue weighted by molar-refractivity contribution is -0.137. The molecule has 4 rings (SSSR count). The van der Waals surface area contributed by atoms with Crippen LogP contribution in [0.1, 0.15) is 65.6 Å². The number of hydrazine groups is 1. The van der Waals surface area contributed by atoms with E-state index in [-0.39, 0.29) is 23.9 Å². The number of hydrogen-bond donors (Lipinski definition) is 6. The van der Waals surface area contributed by atoms with Gasteiger partial charge in [0.05, 0.1) is 18.2 Å². The number of aliphatic hydroxyl groups excluding tert-OH is 1. The molecule has 3 aromatic rings. The molecule has 0 saturated carbocycles. The van der Waals surface area contributed by atoms with Gasteiger partial charge in [0, 0.05) is 17.4 Å². The van der Waals surface area contributed by atoms with Crippen LogP contribution in [0.4, 0.5) is 17.5 Å². The number of benzene rings is 2. The molecule has 0 aliphatic carbocycles. The zero-order valence-corrected chi connectivity index (χ0v) is 21.9. The van der Waals surface area contributed by atoms with Crippen molar-refractivity contribution in [3.05, 3.63) is 77.0 Å². The molecule has 0 unspecified atom stereocenters. The second-order valence-corrected chi connectivity index (χ2v) is 10.00. The number of carbonyl (C=O) groups is 3. The van der Waals surface area contributed by atoms with E-state index in [0.717, 1.165) is 5.56 Å². The normalized spacial score (nSPS) is 14.6. The standard InChI is InChI=1S/C27H30N6O6/c1-26(2,38)24(37)33-32-22(35)18-13-28-25(31-21(18)30-20(14-34)15-8-6-5-7-9-15)29-16-10-11-17-19(12-16)27(3,4)39-23(17)36/h5-13,20,34,38H,14H2,1-4H3,(H,32,35)(H,33,37)(H2,28,29,30,31)/t20-/m1/s1. The molecule has 39 heavy (non-hydrogen) atoms. The van der Waals surface area contributed by atoms with Crippen molar-refractivity contribution < 1.29 is 29.3 Å². The number of esters is 1. The molecule has 0 fully saturated rings. The van der Waals surface area contributed by atoms with Crippen molar-refractivity contribution >= 4 is 35.2 Å². The van der Waals surface area contributed by atoms with Gasteiger partial charge in [-0.3, -0.25) is 20.4 Å². The van der Waals surface area contributed by atoms with Gasteiger partial charge in [-0.1, -0.05) is 30.3 Å². The molecular weight excluding hydrogens is 504 g/mol. The Labute approximate surface area is 224 Å². The summed E-state index contributed by atoms with van der Waals surface area (Å²) in [5.74, 6) is -1.76. The number of aromatic nitrogens is 2. The molecule has 12 heteroatoms. The number of nitrogens with zero attached hydrogens (tertiary/aromatic N) is 2. The van der Waals surface area contributed by atoms with Gasteiger partial charge in [-0.25, -0.2) is 9.78 Å². The largest absolute Gasteiger partial charge is 0.451 e. The Kier molecular flexibility index (Phi) is 7.52. The highest BCUT2D eigenvalue weighted by Crippen LogP contribution is 2.37. The minimum Gasteiger partial charge on any atom is -0.451 e. The minimum atomic E-state index is -1.71. The van der Waals surface area contributed by atoms with E-state index in [4.69, 9.17) is 4.74 Å². The third-order valence-corrected chi connectivity index (χ3v) is 6.07. The Morgan fingerprint density at radius 3 is 2.49 bits per heavy atom. The predicted molar refractivity (Wildman–Crippen MR) is 142 cm³/mol. The second-order valence-electron chi connectivity index (χ2n) is 10.00. The van der Waals surface area contributed by atoms with E-state index in [2.05, 4.69) is 31.5 Å². The van der Waals surface area contributed by atoms with E-state index in [0.29, 0.717) is 16.8 Å². The highest BCUT2D eigenvalue weighted by atomic mass is 16.6. The van der Waals surface area contributed by atoms with Gasteiger partial charge in [0.25, 0.3) is 11.8 Å². The van der Waals surface area contributed by atoms with Crippen LogP contribution < -0.4 is 21.5 Å². The quantitative estimate of drug-likeness (QED) is 0.186. The molecule has 12 nitrogen and oxygen atoms in total. The van der Waals surface area contributed by atoms with E-state index >= 15 is 0 Å². The summed E-state index contributed by atoms with van der Waals surface area (Å²) in [5, 5.41) is 26.0. The van der Waals surface area contributed by atoms with Crippen molar-refractivity contribution in [1.29, 1.82) is 0 Å². The number of rotatable bonds is 8. The van der Waals surface area contributed by atoms with Gasteiger partial charge in [0.15, 0.2) is 0 Å². The molecule has 0 bridgehead atoms. The summed E-state index contributed by atoms with van der Waals surface area (Å²) in [4.78, 5) is 45.8. The molecule has 1 aromatic heterocycles. The average molecular weight is 535 g/mol. The first-order valence-electron chi connectivity index (χ1n) is 12.2. The lowest BCUT2D eigenvalue weighted by Crippen LogP contribution is -2.50. The molecule has 2 amide bonds. The fourth-order valence-electron chi connectivity index (χ4n) is 3.91. The monoisotopic (exact) mass is 534 g/mol. The van der Waals surface area contributed by atoms with Gasteiger partial charge in [0.1, 0.15) is 22.6 Å². The van der Waals surface area contributed by atoms with Gasteiger partial charge in [-0.15, -0.1) is 0 Å². The number of fused-ring (bicyclic) bond motifs is 1. The smallest absolute Gasteiger partial charge is 0.339 e. The van der Waals surface area contributed by atoms with E-state index < -0.39 is 35.0 Å². The summed E-state index contributed by atoms with van der Waals surface area (Å²) in [7, 11) is 0. The Bertz CT molecular complexity index is 1400. The second kappa shape index (κ2) is 10.7. The number of cyclic esters (lactones) is 1. The van der Waals surface area contributed by atoms with Gasteiger partial charge in [-0.05, 0) is 51.5 Å². The third kappa shape index (κ3) is 6.13. The van der Waals surface area contributed by atoms with Crippen molar-refractivity contribution in [3.63, 3.8) is 0 Å². The first-order valence-corrected chi connectivity index (χ1v) is 12.2. The highest BCUT2D eigenvalue weighted by Gasteiger charge is 2.37. The first-order chi connectivity index (χ1) is 18.4. The summed E-state index contributed by atoms with van der Waals surface area (Å²) in [6.45, 7) is 5.84. The molecule has 2 aromatic carbocycles. The number of anilines is 3. The van der Waals surface area contributed by atoms with Crippen molar-refractivity contribution in [3.8, 4) is 0 Å². The van der Waals surface area contributed by atoms with Gasteiger partial charge in [0.2, 0.25) is 5.95 Å². The summed E-state index contributed by atoms with van der Waals surface area (Å²) < 4.78 is 5.42. The van der Waals surface area contributed by atoms with E-state index in [1.807, 2.05) is 30.3 Å². The molecule has 0 radical (unpaired) electrons. The Morgan fingerprint density at radius 2 is 1.82 bits per heavy atom. The fourth-order valence-corrected chi connectivity index (χ4v) is 3.91. The zero-order chi connectivity index (χ0) is 28.4. The molecule has 1 aliphatic rings. The summed E-state index contributed by atoms with van der Waals surface area (Å²) >= 11 is 0. The summed E-state index contributed by atoms with van der Waals surface area (Å²) in [5.41, 5.74) is 4.38. The maximum atomic E-state index is 12.9. The van der Waals surface area contributed by atoms with Crippen LogP contribution >= 0.6 is 0 Å².